The minimum atomic E-state index is 1.03. The summed E-state index contributed by atoms with van der Waals surface area (Å²) >= 11 is 0. The molecule has 1 aliphatic rings. The van der Waals surface area contributed by atoms with Gasteiger partial charge in [-0.2, -0.15) is 0 Å². The molecule has 72 valence electrons. The molecule has 0 saturated carbocycles. The van der Waals surface area contributed by atoms with Crippen LogP contribution in [0, 0.1) is 0 Å². The lowest BCUT2D eigenvalue weighted by Gasteiger charge is -2.06. The van der Waals surface area contributed by atoms with Crippen molar-refractivity contribution >= 4 is 5.69 Å². The van der Waals surface area contributed by atoms with E-state index in [1.165, 1.54) is 11.3 Å². The first kappa shape index (κ1) is 9.07. The zero-order chi connectivity index (χ0) is 9.64. The van der Waals surface area contributed by atoms with Crippen LogP contribution in [0.5, 0.6) is 0 Å². The summed E-state index contributed by atoms with van der Waals surface area (Å²) in [5, 5.41) is 3.40. The van der Waals surface area contributed by atoms with Crippen molar-refractivity contribution in [1.82, 2.24) is 0 Å². The van der Waals surface area contributed by atoms with Crippen molar-refractivity contribution in [2.45, 2.75) is 12.8 Å². The Labute approximate surface area is 85.2 Å². The van der Waals surface area contributed by atoms with Crippen molar-refractivity contribution in [3.05, 3.63) is 54.1 Å². The lowest BCUT2D eigenvalue weighted by atomic mass is 10.1. The van der Waals surface area contributed by atoms with E-state index in [4.69, 9.17) is 0 Å². The molecular weight excluding hydrogens is 170 g/mol. The van der Waals surface area contributed by atoms with E-state index < -0.39 is 0 Å². The van der Waals surface area contributed by atoms with E-state index in [2.05, 4.69) is 47.8 Å². The molecule has 14 heavy (non-hydrogen) atoms. The topological polar surface area (TPSA) is 12.0 Å². The number of rotatable bonds is 4. The second kappa shape index (κ2) is 4.66. The molecule has 0 atom stereocenters. The predicted molar refractivity (Wildman–Crippen MR) is 61.4 cm³/mol. The van der Waals surface area contributed by atoms with Gasteiger partial charge in [-0.1, -0.05) is 42.0 Å². The lowest BCUT2D eigenvalue weighted by Crippen LogP contribution is -2.01. The van der Waals surface area contributed by atoms with Crippen molar-refractivity contribution in [2.24, 2.45) is 0 Å². The Morgan fingerprint density at radius 2 is 2.00 bits per heavy atom. The fourth-order valence-electron chi connectivity index (χ4n) is 1.60. The summed E-state index contributed by atoms with van der Waals surface area (Å²) in [6, 6.07) is 10.3. The molecule has 0 aliphatic heterocycles. The van der Waals surface area contributed by atoms with E-state index in [-0.39, 0.29) is 0 Å². The van der Waals surface area contributed by atoms with Crippen LogP contribution in [0.15, 0.2) is 54.1 Å². The average molecular weight is 185 g/mol. The van der Waals surface area contributed by atoms with Gasteiger partial charge in [0.1, 0.15) is 0 Å². The van der Waals surface area contributed by atoms with Crippen LogP contribution in [0.1, 0.15) is 12.8 Å². The third-order valence-corrected chi connectivity index (χ3v) is 2.40. The first-order valence-electron chi connectivity index (χ1n) is 5.08. The van der Waals surface area contributed by atoms with Crippen LogP contribution in [0.25, 0.3) is 0 Å². The summed E-state index contributed by atoms with van der Waals surface area (Å²) in [5.74, 6) is 0. The number of benzene rings is 1. The number of nitrogens with one attached hydrogen (secondary N) is 1. The van der Waals surface area contributed by atoms with E-state index in [0.717, 1.165) is 19.4 Å². The molecule has 0 bridgehead atoms. The fraction of sp³-hybridized carbons (Fsp3) is 0.231. The minimum Gasteiger partial charge on any atom is -0.385 e. The third-order valence-electron chi connectivity index (χ3n) is 2.40. The summed E-state index contributed by atoms with van der Waals surface area (Å²) in [5.41, 5.74) is 2.73. The summed E-state index contributed by atoms with van der Waals surface area (Å²) in [6.45, 7) is 1.03. The zero-order valence-electron chi connectivity index (χ0n) is 8.24. The molecule has 1 aliphatic carbocycles. The number of para-hydroxylation sites is 1. The van der Waals surface area contributed by atoms with E-state index in [9.17, 15) is 0 Å². The maximum absolute atomic E-state index is 3.40. The maximum Gasteiger partial charge on any atom is 0.0340 e. The van der Waals surface area contributed by atoms with Gasteiger partial charge < -0.3 is 5.32 Å². The van der Waals surface area contributed by atoms with Crippen LogP contribution >= 0.6 is 0 Å². The lowest BCUT2D eigenvalue weighted by molar-refractivity contribution is 0.969. The second-order valence-electron chi connectivity index (χ2n) is 3.50. The highest BCUT2D eigenvalue weighted by Crippen LogP contribution is 2.14. The van der Waals surface area contributed by atoms with Gasteiger partial charge in [-0.05, 0) is 25.0 Å². The van der Waals surface area contributed by atoms with Gasteiger partial charge in [0.05, 0.1) is 0 Å². The van der Waals surface area contributed by atoms with Gasteiger partial charge in [-0.15, -0.1) is 0 Å². The Hall–Kier alpha value is -1.50. The Morgan fingerprint density at radius 1 is 1.14 bits per heavy atom. The van der Waals surface area contributed by atoms with Gasteiger partial charge in [-0.3, -0.25) is 0 Å². The van der Waals surface area contributed by atoms with Crippen molar-refractivity contribution in [3.8, 4) is 0 Å². The maximum atomic E-state index is 3.40. The summed E-state index contributed by atoms with van der Waals surface area (Å²) in [6.07, 6.45) is 8.83. The smallest absolute Gasteiger partial charge is 0.0340 e. The van der Waals surface area contributed by atoms with E-state index in [1.54, 1.807) is 0 Å². The number of allylic oxidation sites excluding steroid dienone is 3. The van der Waals surface area contributed by atoms with Crippen molar-refractivity contribution in [2.75, 3.05) is 11.9 Å². The molecule has 1 aromatic carbocycles. The fourth-order valence-corrected chi connectivity index (χ4v) is 1.60. The van der Waals surface area contributed by atoms with Crippen LogP contribution in [-0.2, 0) is 0 Å². The first-order chi connectivity index (χ1) is 6.95. The normalized spacial score (nSPS) is 14.1. The van der Waals surface area contributed by atoms with Crippen molar-refractivity contribution in [3.63, 3.8) is 0 Å². The molecule has 0 unspecified atom stereocenters. The predicted octanol–water partition coefficient (Wildman–Crippen LogP) is 3.37. The summed E-state index contributed by atoms with van der Waals surface area (Å²) < 4.78 is 0. The number of hydrogen-bond acceptors (Lipinski definition) is 1. The molecule has 1 heteroatoms. The molecule has 0 saturated heterocycles. The molecule has 0 amide bonds. The Kier molecular flexibility index (Phi) is 3.02. The van der Waals surface area contributed by atoms with Crippen LogP contribution < -0.4 is 5.32 Å². The third kappa shape index (κ3) is 2.49. The first-order valence-corrected chi connectivity index (χ1v) is 5.08. The Bertz CT molecular complexity index is 336. The SMILES string of the molecule is C1=CCC(CCNc2ccccc2)=C1. The molecule has 1 aromatic rings. The van der Waals surface area contributed by atoms with Gasteiger partial charge in [0, 0.05) is 12.2 Å². The largest absolute Gasteiger partial charge is 0.385 e. The molecule has 0 spiro atoms. The van der Waals surface area contributed by atoms with Crippen molar-refractivity contribution < 1.29 is 0 Å². The van der Waals surface area contributed by atoms with Gasteiger partial charge >= 0.3 is 0 Å². The van der Waals surface area contributed by atoms with Crippen LogP contribution in [0.4, 0.5) is 5.69 Å². The Morgan fingerprint density at radius 3 is 2.71 bits per heavy atom. The second-order valence-corrected chi connectivity index (χ2v) is 3.50. The minimum absolute atomic E-state index is 1.03. The highest BCUT2D eigenvalue weighted by atomic mass is 14.9. The molecular formula is C13H15N. The molecule has 0 fully saturated rings. The van der Waals surface area contributed by atoms with Crippen molar-refractivity contribution in [1.29, 1.82) is 0 Å². The monoisotopic (exact) mass is 185 g/mol. The highest BCUT2D eigenvalue weighted by molar-refractivity contribution is 5.42. The Balaban J connectivity index is 1.73. The number of hydrogen-bond donors (Lipinski definition) is 1. The molecule has 1 nitrogen and oxygen atoms in total. The van der Waals surface area contributed by atoms with E-state index in [1.807, 2.05) is 6.07 Å². The molecule has 0 heterocycles. The molecule has 0 radical (unpaired) electrons. The van der Waals surface area contributed by atoms with Crippen LogP contribution in [-0.4, -0.2) is 6.54 Å². The van der Waals surface area contributed by atoms with Gasteiger partial charge in [-0.25, -0.2) is 0 Å². The average Bonchev–Trinajstić information content (AvgIpc) is 2.72. The van der Waals surface area contributed by atoms with Crippen LogP contribution in [0.2, 0.25) is 0 Å². The van der Waals surface area contributed by atoms with E-state index in [0.29, 0.717) is 0 Å². The van der Waals surface area contributed by atoms with Gasteiger partial charge in [0.15, 0.2) is 0 Å². The molecule has 1 N–H and O–H groups in total. The van der Waals surface area contributed by atoms with Crippen LogP contribution in [0.3, 0.4) is 0 Å². The summed E-state index contributed by atoms with van der Waals surface area (Å²) in [7, 11) is 0. The molecule has 2 rings (SSSR count). The summed E-state index contributed by atoms with van der Waals surface area (Å²) in [4.78, 5) is 0. The quantitative estimate of drug-likeness (QED) is 0.758. The van der Waals surface area contributed by atoms with Gasteiger partial charge in [0.2, 0.25) is 0 Å². The standard InChI is InChI=1S/C13H15N/c1-2-8-13(9-3-1)14-11-10-12-6-4-5-7-12/h1-6,8-9,14H,7,10-11H2. The highest BCUT2D eigenvalue weighted by Gasteiger charge is 1.98. The molecule has 0 aromatic heterocycles. The number of anilines is 1. The van der Waals surface area contributed by atoms with E-state index >= 15 is 0 Å². The van der Waals surface area contributed by atoms with Gasteiger partial charge in [0.25, 0.3) is 0 Å². The zero-order valence-corrected chi connectivity index (χ0v) is 8.24.